The van der Waals surface area contributed by atoms with Crippen molar-refractivity contribution in [3.05, 3.63) is 29.8 Å². The van der Waals surface area contributed by atoms with E-state index in [1.54, 1.807) is 12.1 Å². The van der Waals surface area contributed by atoms with Crippen molar-refractivity contribution in [2.75, 3.05) is 6.54 Å². The molecule has 2 rings (SSSR count). The number of ether oxygens (including phenoxy) is 1. The van der Waals surface area contributed by atoms with E-state index in [1.165, 1.54) is 42.7 Å². The van der Waals surface area contributed by atoms with Crippen LogP contribution in [0.2, 0.25) is 0 Å². The number of aromatic carboxylic acids is 1. The van der Waals surface area contributed by atoms with Crippen LogP contribution in [0.1, 0.15) is 88.9 Å². The van der Waals surface area contributed by atoms with Gasteiger partial charge in [-0.25, -0.2) is 14.5 Å². The van der Waals surface area contributed by atoms with Crippen LogP contribution in [0.5, 0.6) is 5.75 Å². The number of urea groups is 1. The molecular formula is C24H36N2O5. The summed E-state index contributed by atoms with van der Waals surface area (Å²) >= 11 is 0. The predicted octanol–water partition coefficient (Wildman–Crippen LogP) is 5.20. The number of β-lactam (4-membered cyclic amide) rings is 1. The van der Waals surface area contributed by atoms with Gasteiger partial charge in [-0.15, -0.1) is 0 Å². The number of carbonyl (C=O) groups excluding carboxylic acids is 2. The van der Waals surface area contributed by atoms with Gasteiger partial charge in [0.2, 0.25) is 5.91 Å². The Bertz CT molecular complexity index is 743. The lowest BCUT2D eigenvalue weighted by Gasteiger charge is -2.53. The summed E-state index contributed by atoms with van der Waals surface area (Å²) in [6.45, 7) is 6.56. The maximum atomic E-state index is 12.9. The zero-order valence-corrected chi connectivity index (χ0v) is 19.0. The number of amides is 3. The number of likely N-dealkylation sites (tertiary alicyclic amines) is 1. The number of hydrogen-bond donors (Lipinski definition) is 2. The molecule has 1 aliphatic rings. The van der Waals surface area contributed by atoms with Crippen LogP contribution in [0.15, 0.2) is 24.3 Å². The quantitative estimate of drug-likeness (QED) is 0.330. The number of carboxylic acid groups (broad SMARTS) is 1. The van der Waals surface area contributed by atoms with E-state index in [2.05, 4.69) is 12.2 Å². The minimum atomic E-state index is -1.02. The second kappa shape index (κ2) is 11.7. The van der Waals surface area contributed by atoms with E-state index in [4.69, 9.17) is 9.84 Å². The molecule has 1 aromatic carbocycles. The van der Waals surface area contributed by atoms with Gasteiger partial charge in [0.15, 0.2) is 6.23 Å². The Labute approximate surface area is 185 Å². The fraction of sp³-hybridized carbons (Fsp3) is 0.625. The second-order valence-corrected chi connectivity index (χ2v) is 8.19. The lowest BCUT2D eigenvalue weighted by Crippen LogP contribution is -2.73. The van der Waals surface area contributed by atoms with Crippen LogP contribution < -0.4 is 10.1 Å². The molecule has 3 amide bonds. The summed E-state index contributed by atoms with van der Waals surface area (Å²) in [4.78, 5) is 37.8. The van der Waals surface area contributed by atoms with E-state index < -0.39 is 23.6 Å². The molecule has 1 aromatic rings. The van der Waals surface area contributed by atoms with Crippen LogP contribution >= 0.6 is 0 Å². The minimum Gasteiger partial charge on any atom is -0.478 e. The van der Waals surface area contributed by atoms with E-state index in [1.807, 2.05) is 13.8 Å². The van der Waals surface area contributed by atoms with Crippen molar-refractivity contribution in [1.82, 2.24) is 10.2 Å². The van der Waals surface area contributed by atoms with Crippen molar-refractivity contribution in [3.8, 4) is 5.75 Å². The van der Waals surface area contributed by atoms with Gasteiger partial charge in [-0.2, -0.15) is 0 Å². The van der Waals surface area contributed by atoms with E-state index in [-0.39, 0.29) is 11.5 Å². The first-order valence-electron chi connectivity index (χ1n) is 11.5. The Kier molecular flexibility index (Phi) is 9.34. The largest absolute Gasteiger partial charge is 0.478 e. The Morgan fingerprint density at radius 2 is 1.58 bits per heavy atom. The zero-order valence-electron chi connectivity index (χ0n) is 19.0. The number of carbonyl (C=O) groups is 3. The van der Waals surface area contributed by atoms with Crippen molar-refractivity contribution in [2.24, 2.45) is 5.41 Å². The number of hydrogen-bond acceptors (Lipinski definition) is 4. The molecule has 0 radical (unpaired) electrons. The van der Waals surface area contributed by atoms with Crippen LogP contribution in [-0.4, -0.2) is 40.7 Å². The van der Waals surface area contributed by atoms with E-state index in [9.17, 15) is 14.4 Å². The maximum absolute atomic E-state index is 12.9. The van der Waals surface area contributed by atoms with Gasteiger partial charge in [0.1, 0.15) is 11.2 Å². The van der Waals surface area contributed by atoms with Gasteiger partial charge in [0.05, 0.1) is 5.56 Å². The van der Waals surface area contributed by atoms with Gasteiger partial charge in [-0.1, -0.05) is 59.3 Å². The Morgan fingerprint density at radius 3 is 2.13 bits per heavy atom. The lowest BCUT2D eigenvalue weighted by atomic mass is 9.72. The molecular weight excluding hydrogens is 396 g/mol. The number of carboxylic acids is 1. The molecule has 0 saturated carbocycles. The van der Waals surface area contributed by atoms with Crippen LogP contribution in [0, 0.1) is 5.41 Å². The number of nitrogens with one attached hydrogen (secondary N) is 1. The number of nitrogens with zero attached hydrogens (tertiary/aromatic N) is 1. The molecule has 2 N–H and O–H groups in total. The first-order valence-corrected chi connectivity index (χ1v) is 11.5. The van der Waals surface area contributed by atoms with Gasteiger partial charge in [-0.05, 0) is 43.5 Å². The number of benzene rings is 1. The highest BCUT2D eigenvalue weighted by Gasteiger charge is 2.62. The fourth-order valence-electron chi connectivity index (χ4n) is 4.07. The first-order chi connectivity index (χ1) is 14.9. The summed E-state index contributed by atoms with van der Waals surface area (Å²) in [5.41, 5.74) is -0.596. The monoisotopic (exact) mass is 432 g/mol. The van der Waals surface area contributed by atoms with Crippen molar-refractivity contribution in [3.63, 3.8) is 0 Å². The van der Waals surface area contributed by atoms with Crippen LogP contribution in [0.4, 0.5) is 4.79 Å². The molecule has 1 aliphatic heterocycles. The van der Waals surface area contributed by atoms with Crippen molar-refractivity contribution in [2.45, 2.75) is 84.8 Å². The summed E-state index contributed by atoms with van der Waals surface area (Å²) < 4.78 is 6.02. The molecule has 0 spiro atoms. The zero-order chi connectivity index (χ0) is 22.9. The predicted molar refractivity (Wildman–Crippen MR) is 119 cm³/mol. The third kappa shape index (κ3) is 5.77. The van der Waals surface area contributed by atoms with Crippen LogP contribution in [0.25, 0.3) is 0 Å². The second-order valence-electron chi connectivity index (χ2n) is 8.19. The van der Waals surface area contributed by atoms with Gasteiger partial charge in [0.25, 0.3) is 0 Å². The Hall–Kier alpha value is -2.57. The third-order valence-corrected chi connectivity index (χ3v) is 6.24. The molecule has 1 heterocycles. The summed E-state index contributed by atoms with van der Waals surface area (Å²) in [6.07, 6.45) is 8.48. The third-order valence-electron chi connectivity index (χ3n) is 6.24. The molecule has 172 valence electrons. The SMILES string of the molecule is CCCCCCCCCNC(=O)N1C(=O)C(CC)(CC)C1Oc1ccc(C(=O)O)cc1. The molecule has 7 heteroatoms. The smallest absolute Gasteiger partial charge is 0.335 e. The summed E-state index contributed by atoms with van der Waals surface area (Å²) in [5.74, 6) is -0.812. The van der Waals surface area contributed by atoms with Crippen molar-refractivity contribution >= 4 is 17.9 Å². The highest BCUT2D eigenvalue weighted by atomic mass is 16.5. The number of unbranched alkanes of at least 4 members (excludes halogenated alkanes) is 6. The van der Waals surface area contributed by atoms with Crippen LogP contribution in [-0.2, 0) is 4.79 Å². The number of imide groups is 1. The maximum Gasteiger partial charge on any atom is 0.335 e. The van der Waals surface area contributed by atoms with E-state index >= 15 is 0 Å². The van der Waals surface area contributed by atoms with Gasteiger partial charge in [0, 0.05) is 6.54 Å². The molecule has 31 heavy (non-hydrogen) atoms. The van der Waals surface area contributed by atoms with Gasteiger partial charge >= 0.3 is 12.0 Å². The highest BCUT2D eigenvalue weighted by Crippen LogP contribution is 2.46. The molecule has 0 bridgehead atoms. The lowest BCUT2D eigenvalue weighted by molar-refractivity contribution is -0.190. The molecule has 1 atom stereocenters. The van der Waals surface area contributed by atoms with Gasteiger partial charge in [-0.3, -0.25) is 4.79 Å². The molecule has 1 saturated heterocycles. The Balaban J connectivity index is 1.94. The van der Waals surface area contributed by atoms with E-state index in [0.717, 1.165) is 19.3 Å². The van der Waals surface area contributed by atoms with E-state index in [0.29, 0.717) is 25.1 Å². The van der Waals surface area contributed by atoms with Crippen LogP contribution in [0.3, 0.4) is 0 Å². The molecule has 0 aromatic heterocycles. The minimum absolute atomic E-state index is 0.151. The topological polar surface area (TPSA) is 95.9 Å². The summed E-state index contributed by atoms with van der Waals surface area (Å²) in [6, 6.07) is 5.57. The molecule has 7 nitrogen and oxygen atoms in total. The fourth-order valence-corrected chi connectivity index (χ4v) is 4.07. The molecule has 1 fully saturated rings. The summed E-state index contributed by atoms with van der Waals surface area (Å²) in [7, 11) is 0. The van der Waals surface area contributed by atoms with Crippen molar-refractivity contribution < 1.29 is 24.2 Å². The first kappa shape index (κ1) is 24.7. The average molecular weight is 433 g/mol. The van der Waals surface area contributed by atoms with Gasteiger partial charge < -0.3 is 15.2 Å². The standard InChI is InChI=1S/C24H36N2O5/c1-4-7-8-9-10-11-12-17-25-23(30)26-21(29)24(5-2,6-3)22(26)31-19-15-13-18(14-16-19)20(27)28/h13-16,22H,4-12,17H2,1-3H3,(H,25,30)(H,27,28). The normalized spacial score (nSPS) is 17.2. The van der Waals surface area contributed by atoms with Crippen molar-refractivity contribution in [1.29, 1.82) is 0 Å². The summed E-state index contributed by atoms with van der Waals surface area (Å²) in [5, 5.41) is 11.9. The average Bonchev–Trinajstić information content (AvgIpc) is 2.76. The Morgan fingerprint density at radius 1 is 1.00 bits per heavy atom. The number of rotatable bonds is 13. The molecule has 0 aliphatic carbocycles. The molecule has 1 unspecified atom stereocenters. The highest BCUT2D eigenvalue weighted by molar-refractivity contribution is 6.03.